The zero-order valence-electron chi connectivity index (χ0n) is 23.6. The lowest BCUT2D eigenvalue weighted by Crippen LogP contribution is -2.41. The summed E-state index contributed by atoms with van der Waals surface area (Å²) in [5, 5.41) is 66.6. The fourth-order valence-electron chi connectivity index (χ4n) is 6.14. The Hall–Kier alpha value is -4.54. The first-order chi connectivity index (χ1) is 21.6. The normalized spacial score (nSPS) is 15.7. The molecule has 0 fully saturated rings. The zero-order valence-corrected chi connectivity index (χ0v) is 24.4. The number of hydrogen-bond acceptors (Lipinski definition) is 11. The molecule has 6 aromatic rings. The van der Waals surface area contributed by atoms with Crippen molar-refractivity contribution < 1.29 is 45.0 Å². The van der Waals surface area contributed by atoms with Crippen LogP contribution in [0.15, 0.2) is 53.9 Å². The van der Waals surface area contributed by atoms with Crippen LogP contribution in [-0.2, 0) is 11.3 Å². The molecule has 1 aliphatic heterocycles. The summed E-state index contributed by atoms with van der Waals surface area (Å²) in [5.74, 6) is -1.47. The number of H-pyrrole nitrogens is 1. The van der Waals surface area contributed by atoms with E-state index in [2.05, 4.69) is 10.4 Å². The van der Waals surface area contributed by atoms with Gasteiger partial charge in [-0.25, -0.2) is 10.4 Å². The number of phenols is 2. The van der Waals surface area contributed by atoms with Crippen LogP contribution in [0.2, 0.25) is 0 Å². The Balaban J connectivity index is 1.60. The highest BCUT2D eigenvalue weighted by Crippen LogP contribution is 2.47. The molecule has 232 valence electrons. The number of rotatable bonds is 9. The summed E-state index contributed by atoms with van der Waals surface area (Å²) in [6, 6.07) is 12.5. The standard InChI is InChI=1S/C31H28N4O9S/c1-13(37)21(12-36)44-30(31(42)43)34-20-10-15(39)5-7-18(20)23-25-24(28(40)35(29(25)41)32-11-16-3-2-8-45-16)22-17-6-4-14(38)9-19(17)33-26(22)27(23)34/h2-10,13,21,30-33,36-39,42-43H,11-12H2,1H3. The van der Waals surface area contributed by atoms with E-state index in [4.69, 9.17) is 4.74 Å². The van der Waals surface area contributed by atoms with Crippen LogP contribution in [0.1, 0.15) is 38.7 Å². The highest BCUT2D eigenvalue weighted by atomic mass is 32.1. The van der Waals surface area contributed by atoms with Gasteiger partial charge in [-0.3, -0.25) is 9.59 Å². The molecule has 3 aromatic carbocycles. The number of carbonyl (C=O) groups is 2. The van der Waals surface area contributed by atoms with Gasteiger partial charge in [0.1, 0.15) is 17.6 Å². The lowest BCUT2D eigenvalue weighted by atomic mass is 9.96. The number of aromatic nitrogens is 2. The van der Waals surface area contributed by atoms with Gasteiger partial charge >= 0.3 is 0 Å². The maximum Gasteiger partial charge on any atom is 0.276 e. The van der Waals surface area contributed by atoms with Crippen LogP contribution in [-0.4, -0.2) is 82.1 Å². The Bertz CT molecular complexity index is 2130. The molecule has 13 nitrogen and oxygen atoms in total. The monoisotopic (exact) mass is 632 g/mol. The lowest BCUT2D eigenvalue weighted by molar-refractivity contribution is -0.212. The largest absolute Gasteiger partial charge is 0.508 e. The van der Waals surface area contributed by atoms with E-state index in [1.54, 1.807) is 12.1 Å². The highest BCUT2D eigenvalue weighted by molar-refractivity contribution is 7.09. The Labute approximate surface area is 257 Å². The van der Waals surface area contributed by atoms with E-state index in [1.165, 1.54) is 47.1 Å². The molecule has 1 aliphatic rings. The minimum atomic E-state index is -2.21. The fraction of sp³-hybridized carbons (Fsp3) is 0.226. The number of nitrogens with zero attached hydrogens (tertiary/aromatic N) is 2. The molecule has 0 bridgehead atoms. The van der Waals surface area contributed by atoms with Crippen molar-refractivity contribution in [2.45, 2.75) is 38.2 Å². The Morgan fingerprint density at radius 2 is 1.64 bits per heavy atom. The van der Waals surface area contributed by atoms with Gasteiger partial charge in [0.15, 0.2) is 12.5 Å². The van der Waals surface area contributed by atoms with Crippen molar-refractivity contribution in [1.82, 2.24) is 20.0 Å². The van der Waals surface area contributed by atoms with Crippen LogP contribution in [0.3, 0.4) is 0 Å². The molecular formula is C31H28N4O9S. The third-order valence-electron chi connectivity index (χ3n) is 8.12. The maximum atomic E-state index is 14.2. The first-order valence-electron chi connectivity index (χ1n) is 14.0. The van der Waals surface area contributed by atoms with Crippen LogP contribution >= 0.6 is 11.3 Å². The second kappa shape index (κ2) is 10.8. The molecule has 0 spiro atoms. The highest BCUT2D eigenvalue weighted by Gasteiger charge is 2.43. The molecule has 0 saturated heterocycles. The van der Waals surface area contributed by atoms with Crippen molar-refractivity contribution in [1.29, 1.82) is 0 Å². The number of imide groups is 1. The summed E-state index contributed by atoms with van der Waals surface area (Å²) < 4.78 is 7.25. The second-order valence-electron chi connectivity index (χ2n) is 10.9. The summed E-state index contributed by atoms with van der Waals surface area (Å²) in [7, 11) is 0. The fourth-order valence-corrected chi connectivity index (χ4v) is 6.78. The summed E-state index contributed by atoms with van der Waals surface area (Å²) in [6.07, 6.45) is -6.33. The second-order valence-corrected chi connectivity index (χ2v) is 11.9. The smallest absolute Gasteiger partial charge is 0.276 e. The van der Waals surface area contributed by atoms with Crippen LogP contribution in [0.25, 0.3) is 43.6 Å². The number of aromatic amines is 1. The van der Waals surface area contributed by atoms with Gasteiger partial charge in [0.25, 0.3) is 11.8 Å². The molecule has 0 radical (unpaired) electrons. The number of hydrogen-bond donors (Lipinski definition) is 8. The first-order valence-corrected chi connectivity index (χ1v) is 14.9. The van der Waals surface area contributed by atoms with E-state index in [-0.39, 0.29) is 45.6 Å². The number of benzene rings is 3. The summed E-state index contributed by atoms with van der Waals surface area (Å²) in [5.41, 5.74) is 4.28. The number of thiophene rings is 1. The van der Waals surface area contributed by atoms with Crippen molar-refractivity contribution >= 4 is 66.8 Å². The molecule has 3 aromatic heterocycles. The molecule has 8 N–H and O–H groups in total. The summed E-state index contributed by atoms with van der Waals surface area (Å²) in [4.78, 5) is 32.4. The van der Waals surface area contributed by atoms with E-state index in [0.29, 0.717) is 27.2 Å². The number of hydrazine groups is 1. The predicted molar refractivity (Wildman–Crippen MR) is 165 cm³/mol. The van der Waals surface area contributed by atoms with Gasteiger partial charge in [0, 0.05) is 38.6 Å². The van der Waals surface area contributed by atoms with E-state index < -0.39 is 43.1 Å². The third kappa shape index (κ3) is 4.46. The molecule has 4 heterocycles. The van der Waals surface area contributed by atoms with Crippen LogP contribution in [0.4, 0.5) is 0 Å². The van der Waals surface area contributed by atoms with E-state index in [1.807, 2.05) is 17.5 Å². The summed E-state index contributed by atoms with van der Waals surface area (Å²) in [6.45, 7) is 0.926. The van der Waals surface area contributed by atoms with Gasteiger partial charge in [0.05, 0.1) is 52.4 Å². The van der Waals surface area contributed by atoms with Crippen LogP contribution in [0, 0.1) is 0 Å². The lowest BCUT2D eigenvalue weighted by Gasteiger charge is -2.29. The van der Waals surface area contributed by atoms with Gasteiger partial charge in [0.2, 0.25) is 0 Å². The van der Waals surface area contributed by atoms with Crippen molar-refractivity contribution in [3.8, 4) is 11.5 Å². The number of nitrogens with one attached hydrogen (secondary N) is 2. The van der Waals surface area contributed by atoms with E-state index in [9.17, 15) is 40.2 Å². The van der Waals surface area contributed by atoms with Crippen molar-refractivity contribution in [3.05, 3.63) is 69.9 Å². The van der Waals surface area contributed by atoms with Crippen LogP contribution in [0.5, 0.6) is 11.5 Å². The first kappa shape index (κ1) is 29.2. The molecule has 2 amide bonds. The number of phenolic OH excluding ortho intramolecular Hbond substituents is 2. The van der Waals surface area contributed by atoms with Gasteiger partial charge < -0.3 is 44.9 Å². The average Bonchev–Trinajstić information content (AvgIpc) is 3.76. The molecular weight excluding hydrogens is 604 g/mol. The molecule has 3 atom stereocenters. The van der Waals surface area contributed by atoms with Gasteiger partial charge in [-0.1, -0.05) is 6.07 Å². The zero-order chi connectivity index (χ0) is 31.7. The van der Waals surface area contributed by atoms with Crippen molar-refractivity contribution in [2.24, 2.45) is 0 Å². The Kier molecular flexibility index (Phi) is 7.02. The topological polar surface area (TPSA) is 201 Å². The SMILES string of the molecule is CC(O)C(CO)OC(C(O)O)n1c2cc(O)ccc2c2c3c(c4c5ccc(O)cc5[nH]c4c21)C(=O)N(NCc1cccs1)C3=O. The minimum absolute atomic E-state index is 0.0463. The molecule has 0 aliphatic carbocycles. The number of amides is 2. The van der Waals surface area contributed by atoms with Crippen LogP contribution < -0.4 is 5.43 Å². The minimum Gasteiger partial charge on any atom is -0.508 e. The molecule has 7 rings (SSSR count). The third-order valence-corrected chi connectivity index (χ3v) is 9.00. The predicted octanol–water partition coefficient (Wildman–Crippen LogP) is 2.77. The number of ether oxygens (including phenoxy) is 1. The van der Waals surface area contributed by atoms with Gasteiger partial charge in [-0.15, -0.1) is 11.3 Å². The Morgan fingerprint density at radius 3 is 2.29 bits per heavy atom. The van der Waals surface area contributed by atoms with Gasteiger partial charge in [-0.2, -0.15) is 0 Å². The molecule has 0 saturated carbocycles. The van der Waals surface area contributed by atoms with E-state index >= 15 is 0 Å². The number of fused-ring (bicyclic) bond motifs is 10. The quantitative estimate of drug-likeness (QED) is 0.0866. The van der Waals surface area contributed by atoms with Gasteiger partial charge in [-0.05, 0) is 42.6 Å². The molecule has 45 heavy (non-hydrogen) atoms. The van der Waals surface area contributed by atoms with E-state index in [0.717, 1.165) is 9.89 Å². The molecule has 14 heteroatoms. The van der Waals surface area contributed by atoms with Crippen molar-refractivity contribution in [2.75, 3.05) is 6.61 Å². The number of carbonyl (C=O) groups excluding carboxylic acids is 2. The Morgan fingerprint density at radius 1 is 0.956 bits per heavy atom. The van der Waals surface area contributed by atoms with Crippen molar-refractivity contribution in [3.63, 3.8) is 0 Å². The maximum absolute atomic E-state index is 14.2. The average molecular weight is 633 g/mol. The number of aliphatic hydroxyl groups is 4. The number of aromatic hydroxyl groups is 2. The number of aliphatic hydroxyl groups excluding tert-OH is 3. The molecule has 3 unspecified atom stereocenters. The summed E-state index contributed by atoms with van der Waals surface area (Å²) >= 11 is 1.46.